The number of amides is 1. The topological polar surface area (TPSA) is 64.9 Å². The number of nitrogens with zero attached hydrogens (tertiary/aromatic N) is 6. The van der Waals surface area contributed by atoms with Gasteiger partial charge in [0.2, 0.25) is 5.91 Å². The van der Waals surface area contributed by atoms with Gasteiger partial charge >= 0.3 is 0 Å². The van der Waals surface area contributed by atoms with Gasteiger partial charge in [0.15, 0.2) is 5.82 Å². The third-order valence-electron chi connectivity index (χ3n) is 6.45. The first kappa shape index (κ1) is 24.3. The average Bonchev–Trinajstić information content (AvgIpc) is 2.84. The fourth-order valence-corrected chi connectivity index (χ4v) is 4.78. The molecular formula is C27H31FN6O. The van der Waals surface area contributed by atoms with E-state index in [0.29, 0.717) is 48.5 Å². The lowest BCUT2D eigenvalue weighted by Crippen LogP contribution is -2.48. The number of carbonyl (C=O) groups excluding carboxylic acids is 1. The highest BCUT2D eigenvalue weighted by molar-refractivity contribution is 6.02. The minimum Gasteiger partial charge on any atom is -0.352 e. The first-order valence-corrected chi connectivity index (χ1v) is 11.7. The summed E-state index contributed by atoms with van der Waals surface area (Å²) < 4.78 is 16.1. The molecule has 0 aliphatic carbocycles. The second-order valence-electron chi connectivity index (χ2n) is 9.00. The Kier molecular flexibility index (Phi) is 6.82. The summed E-state index contributed by atoms with van der Waals surface area (Å²) in [6.45, 7) is 11.8. The Labute approximate surface area is 205 Å². The molecule has 8 heteroatoms. The number of rotatable bonds is 5. The highest BCUT2D eigenvalue weighted by Gasteiger charge is 2.24. The third-order valence-corrected chi connectivity index (χ3v) is 6.45. The molecule has 1 amide bonds. The van der Waals surface area contributed by atoms with E-state index in [-0.39, 0.29) is 11.7 Å². The number of aromatic nitrogens is 2. The van der Waals surface area contributed by atoms with Gasteiger partial charge in [0.25, 0.3) is 0 Å². The maximum absolute atomic E-state index is 16.1. The molecule has 182 valence electrons. The van der Waals surface area contributed by atoms with Crippen molar-refractivity contribution in [1.82, 2.24) is 19.9 Å². The van der Waals surface area contributed by atoms with Crippen LogP contribution < -0.4 is 4.90 Å². The second kappa shape index (κ2) is 9.82. The molecule has 1 aliphatic heterocycles. The molecule has 2 aromatic carbocycles. The van der Waals surface area contributed by atoms with Crippen LogP contribution >= 0.6 is 0 Å². The Bertz CT molecular complexity index is 1320. The van der Waals surface area contributed by atoms with Gasteiger partial charge in [-0.1, -0.05) is 24.8 Å². The SMILES string of the molecule is C=CC(=O)N1CCN(c2ncnc3c(F)c(-c4cccc(/C(C)=N\N(C)C)c4C)c(C)cc23)CC1. The van der Waals surface area contributed by atoms with Crippen molar-refractivity contribution in [3.05, 3.63) is 65.8 Å². The molecule has 0 spiro atoms. The molecule has 7 nitrogen and oxygen atoms in total. The zero-order valence-corrected chi connectivity index (χ0v) is 21.0. The van der Waals surface area contributed by atoms with Gasteiger partial charge in [0.1, 0.15) is 17.7 Å². The van der Waals surface area contributed by atoms with Crippen LogP contribution in [-0.4, -0.2) is 71.8 Å². The quantitative estimate of drug-likeness (QED) is 0.315. The van der Waals surface area contributed by atoms with Gasteiger partial charge in [-0.3, -0.25) is 4.79 Å². The lowest BCUT2D eigenvalue weighted by atomic mass is 9.91. The minimum absolute atomic E-state index is 0.0767. The first-order chi connectivity index (χ1) is 16.7. The Balaban J connectivity index is 1.78. The number of hydrazone groups is 1. The summed E-state index contributed by atoms with van der Waals surface area (Å²) in [4.78, 5) is 24.6. The second-order valence-corrected chi connectivity index (χ2v) is 9.00. The van der Waals surface area contributed by atoms with Crippen molar-refractivity contribution in [2.45, 2.75) is 20.8 Å². The van der Waals surface area contributed by atoms with Gasteiger partial charge in [-0.15, -0.1) is 0 Å². The maximum atomic E-state index is 16.1. The Hall–Kier alpha value is -3.81. The fraction of sp³-hybridized carbons (Fsp3) is 0.333. The number of anilines is 1. The van der Waals surface area contributed by atoms with E-state index in [2.05, 4.69) is 26.5 Å². The molecule has 4 rings (SSSR count). The predicted molar refractivity (Wildman–Crippen MR) is 139 cm³/mol. The normalized spacial score (nSPS) is 14.4. The number of aryl methyl sites for hydroxylation is 1. The van der Waals surface area contributed by atoms with E-state index in [1.165, 1.54) is 12.4 Å². The molecule has 1 aliphatic rings. The average molecular weight is 475 g/mol. The van der Waals surface area contributed by atoms with Crippen LogP contribution in [0.25, 0.3) is 22.0 Å². The summed E-state index contributed by atoms with van der Waals surface area (Å²) in [6, 6.07) is 7.85. The Morgan fingerprint density at radius 1 is 1.17 bits per heavy atom. The number of carbonyl (C=O) groups is 1. The third kappa shape index (κ3) is 4.60. The van der Waals surface area contributed by atoms with Gasteiger partial charge in [0.05, 0.1) is 5.71 Å². The molecule has 0 bridgehead atoms. The lowest BCUT2D eigenvalue weighted by molar-refractivity contribution is -0.126. The first-order valence-electron chi connectivity index (χ1n) is 11.7. The van der Waals surface area contributed by atoms with Crippen molar-refractivity contribution in [2.75, 3.05) is 45.2 Å². The molecule has 35 heavy (non-hydrogen) atoms. The fourth-order valence-electron chi connectivity index (χ4n) is 4.78. The molecule has 1 fully saturated rings. The van der Waals surface area contributed by atoms with E-state index >= 15 is 4.39 Å². The summed E-state index contributed by atoms with van der Waals surface area (Å²) in [7, 11) is 3.76. The summed E-state index contributed by atoms with van der Waals surface area (Å²) in [5.41, 5.74) is 5.29. The van der Waals surface area contributed by atoms with Gasteiger partial charge < -0.3 is 14.8 Å². The smallest absolute Gasteiger partial charge is 0.246 e. The van der Waals surface area contributed by atoms with Gasteiger partial charge in [-0.25, -0.2) is 14.4 Å². The van der Waals surface area contributed by atoms with E-state index in [0.717, 1.165) is 28.0 Å². The summed E-state index contributed by atoms with van der Waals surface area (Å²) in [5, 5.41) is 6.96. The van der Waals surface area contributed by atoms with Crippen LogP contribution in [0.2, 0.25) is 0 Å². The van der Waals surface area contributed by atoms with E-state index in [9.17, 15) is 4.79 Å². The zero-order chi connectivity index (χ0) is 25.3. The van der Waals surface area contributed by atoms with Crippen molar-refractivity contribution in [2.24, 2.45) is 5.10 Å². The van der Waals surface area contributed by atoms with E-state index < -0.39 is 0 Å². The Morgan fingerprint density at radius 3 is 2.54 bits per heavy atom. The van der Waals surface area contributed by atoms with E-state index in [1.54, 1.807) is 9.91 Å². The van der Waals surface area contributed by atoms with Crippen molar-refractivity contribution in [3.8, 4) is 11.1 Å². The molecule has 0 saturated carbocycles. The number of fused-ring (bicyclic) bond motifs is 1. The number of hydrogen-bond donors (Lipinski definition) is 0. The number of hydrogen-bond acceptors (Lipinski definition) is 6. The number of benzene rings is 2. The van der Waals surface area contributed by atoms with Crippen molar-refractivity contribution < 1.29 is 9.18 Å². The molecule has 0 radical (unpaired) electrons. The monoisotopic (exact) mass is 474 g/mol. The summed E-state index contributed by atoms with van der Waals surface area (Å²) in [6.07, 6.45) is 2.75. The maximum Gasteiger partial charge on any atom is 0.246 e. The van der Waals surface area contributed by atoms with Crippen LogP contribution in [0.4, 0.5) is 10.2 Å². The van der Waals surface area contributed by atoms with Gasteiger partial charge in [0, 0.05) is 56.8 Å². The summed E-state index contributed by atoms with van der Waals surface area (Å²) in [5.74, 6) is 0.257. The molecule has 2 heterocycles. The molecular weight excluding hydrogens is 443 g/mol. The zero-order valence-electron chi connectivity index (χ0n) is 21.0. The van der Waals surface area contributed by atoms with Gasteiger partial charge in [-0.2, -0.15) is 5.10 Å². The highest BCUT2D eigenvalue weighted by Crippen LogP contribution is 2.37. The largest absolute Gasteiger partial charge is 0.352 e. The van der Waals surface area contributed by atoms with Crippen LogP contribution in [0, 0.1) is 19.7 Å². The Morgan fingerprint density at radius 2 is 1.89 bits per heavy atom. The van der Waals surface area contributed by atoms with Crippen molar-refractivity contribution >= 4 is 28.3 Å². The molecule has 0 unspecified atom stereocenters. The molecule has 1 saturated heterocycles. The molecule has 1 aromatic heterocycles. The predicted octanol–water partition coefficient (Wildman–Crippen LogP) is 4.17. The van der Waals surface area contributed by atoms with E-state index in [1.807, 2.05) is 59.1 Å². The van der Waals surface area contributed by atoms with Crippen LogP contribution in [-0.2, 0) is 4.79 Å². The standard InChI is InChI=1S/C27H31FN6O/c1-7-23(35)33-11-13-34(14-12-33)27-22-15-17(2)24(25(28)26(22)29-16-30-27)21-10-8-9-20(18(21)3)19(4)31-32(5)6/h7-10,15-16H,1,11-14H2,2-6H3/b31-19-. The molecule has 3 aromatic rings. The number of piperazine rings is 1. The highest BCUT2D eigenvalue weighted by atomic mass is 19.1. The van der Waals surface area contributed by atoms with Gasteiger partial charge in [-0.05, 0) is 49.6 Å². The molecule has 0 atom stereocenters. The van der Waals surface area contributed by atoms with Crippen LogP contribution in [0.15, 0.2) is 48.3 Å². The number of halogens is 1. The van der Waals surface area contributed by atoms with E-state index in [4.69, 9.17) is 0 Å². The molecule has 0 N–H and O–H groups in total. The minimum atomic E-state index is -0.355. The van der Waals surface area contributed by atoms with Crippen molar-refractivity contribution in [3.63, 3.8) is 0 Å². The lowest BCUT2D eigenvalue weighted by Gasteiger charge is -2.35. The van der Waals surface area contributed by atoms with Crippen LogP contribution in [0.1, 0.15) is 23.6 Å². The summed E-state index contributed by atoms with van der Waals surface area (Å²) >= 11 is 0. The van der Waals surface area contributed by atoms with Crippen molar-refractivity contribution in [1.29, 1.82) is 0 Å². The van der Waals surface area contributed by atoms with Crippen LogP contribution in [0.3, 0.4) is 0 Å². The van der Waals surface area contributed by atoms with Crippen LogP contribution in [0.5, 0.6) is 0 Å².